The van der Waals surface area contributed by atoms with Crippen LogP contribution in [0.1, 0.15) is 25.8 Å². The number of nitrogens with one attached hydrogen (secondary N) is 1. The van der Waals surface area contributed by atoms with Crippen LogP contribution in [-0.4, -0.2) is 59.7 Å². The predicted octanol–water partition coefficient (Wildman–Crippen LogP) is 0.523. The third-order valence-corrected chi connectivity index (χ3v) is 4.95. The van der Waals surface area contributed by atoms with Gasteiger partial charge in [-0.1, -0.05) is 30.3 Å². The van der Waals surface area contributed by atoms with E-state index in [4.69, 9.17) is 0 Å². The van der Waals surface area contributed by atoms with Crippen LogP contribution in [0.15, 0.2) is 30.3 Å². The third kappa shape index (κ3) is 2.77. The minimum atomic E-state index is -0.904. The molecule has 1 aromatic carbocycles. The van der Waals surface area contributed by atoms with Crippen LogP contribution in [0.2, 0.25) is 0 Å². The van der Waals surface area contributed by atoms with E-state index in [1.165, 1.54) is 0 Å². The van der Waals surface area contributed by atoms with Gasteiger partial charge in [0.25, 0.3) is 0 Å². The number of amides is 3. The molecule has 0 saturated carbocycles. The standard InChI is InChI=1S/C18H23N3O3/c1-13(2)21-9-8-20(11-16(21)23)17(24)18(10-15(22)19-12-18)14-6-4-3-5-7-14/h3-7,13H,8-12H2,1-2H3,(H,19,22). The number of nitrogens with zero attached hydrogens (tertiary/aromatic N) is 2. The normalized spacial score (nSPS) is 24.5. The summed E-state index contributed by atoms with van der Waals surface area (Å²) in [5, 5.41) is 2.79. The van der Waals surface area contributed by atoms with Crippen LogP contribution >= 0.6 is 0 Å². The zero-order valence-electron chi connectivity index (χ0n) is 14.1. The lowest BCUT2D eigenvalue weighted by Gasteiger charge is -2.40. The van der Waals surface area contributed by atoms with E-state index in [0.29, 0.717) is 13.1 Å². The zero-order valence-corrected chi connectivity index (χ0v) is 14.1. The number of piperazine rings is 1. The van der Waals surface area contributed by atoms with Gasteiger partial charge in [0, 0.05) is 32.1 Å². The lowest BCUT2D eigenvalue weighted by molar-refractivity contribution is -0.149. The molecule has 2 saturated heterocycles. The van der Waals surface area contributed by atoms with Gasteiger partial charge < -0.3 is 15.1 Å². The van der Waals surface area contributed by atoms with Gasteiger partial charge in [-0.25, -0.2) is 0 Å². The molecule has 3 rings (SSSR count). The van der Waals surface area contributed by atoms with Crippen molar-refractivity contribution in [1.29, 1.82) is 0 Å². The van der Waals surface area contributed by atoms with E-state index >= 15 is 0 Å². The molecule has 128 valence electrons. The highest BCUT2D eigenvalue weighted by Gasteiger charge is 2.49. The molecule has 1 atom stereocenters. The maximum Gasteiger partial charge on any atom is 0.242 e. The lowest BCUT2D eigenvalue weighted by Crippen LogP contribution is -2.58. The van der Waals surface area contributed by atoms with Crippen LogP contribution in [0.3, 0.4) is 0 Å². The highest BCUT2D eigenvalue weighted by molar-refractivity contribution is 5.98. The molecule has 0 radical (unpaired) electrons. The summed E-state index contributed by atoms with van der Waals surface area (Å²) in [6.45, 7) is 5.36. The van der Waals surface area contributed by atoms with Gasteiger partial charge in [-0.3, -0.25) is 14.4 Å². The Morgan fingerprint density at radius 1 is 1.17 bits per heavy atom. The van der Waals surface area contributed by atoms with Crippen molar-refractivity contribution < 1.29 is 14.4 Å². The largest absolute Gasteiger partial charge is 0.355 e. The fraction of sp³-hybridized carbons (Fsp3) is 0.500. The summed E-state index contributed by atoms with van der Waals surface area (Å²) in [4.78, 5) is 40.8. The Labute approximate surface area is 141 Å². The van der Waals surface area contributed by atoms with E-state index in [9.17, 15) is 14.4 Å². The van der Waals surface area contributed by atoms with E-state index in [2.05, 4.69) is 5.32 Å². The summed E-state index contributed by atoms with van der Waals surface area (Å²) in [7, 11) is 0. The van der Waals surface area contributed by atoms with Crippen molar-refractivity contribution in [2.24, 2.45) is 0 Å². The average Bonchev–Trinajstić information content (AvgIpc) is 2.97. The van der Waals surface area contributed by atoms with Crippen LogP contribution in [0.25, 0.3) is 0 Å². The molecular weight excluding hydrogens is 306 g/mol. The Balaban J connectivity index is 1.86. The third-order valence-electron chi connectivity index (χ3n) is 4.95. The van der Waals surface area contributed by atoms with Gasteiger partial charge in [-0.15, -0.1) is 0 Å². The number of benzene rings is 1. The van der Waals surface area contributed by atoms with Crippen LogP contribution in [0, 0.1) is 0 Å². The summed E-state index contributed by atoms with van der Waals surface area (Å²) < 4.78 is 0. The first kappa shape index (κ1) is 16.5. The van der Waals surface area contributed by atoms with Gasteiger partial charge in [0.05, 0.1) is 6.54 Å². The number of carbonyl (C=O) groups excluding carboxylic acids is 3. The Bertz CT molecular complexity index is 659. The second-order valence-corrected chi connectivity index (χ2v) is 6.81. The van der Waals surface area contributed by atoms with Crippen molar-refractivity contribution in [3.05, 3.63) is 35.9 Å². The summed E-state index contributed by atoms with van der Waals surface area (Å²) in [6, 6.07) is 9.52. The first-order valence-electron chi connectivity index (χ1n) is 8.35. The van der Waals surface area contributed by atoms with Crippen molar-refractivity contribution in [2.75, 3.05) is 26.2 Å². The van der Waals surface area contributed by atoms with E-state index in [0.717, 1.165) is 5.56 Å². The van der Waals surface area contributed by atoms with Crippen LogP contribution < -0.4 is 5.32 Å². The molecule has 0 spiro atoms. The number of rotatable bonds is 3. The molecule has 6 heteroatoms. The van der Waals surface area contributed by atoms with E-state index in [1.807, 2.05) is 44.2 Å². The summed E-state index contributed by atoms with van der Waals surface area (Å²) >= 11 is 0. The van der Waals surface area contributed by atoms with Crippen LogP contribution in [-0.2, 0) is 19.8 Å². The van der Waals surface area contributed by atoms with Crippen LogP contribution in [0.5, 0.6) is 0 Å². The maximum atomic E-state index is 13.3. The van der Waals surface area contributed by atoms with E-state index in [1.54, 1.807) is 9.80 Å². The molecule has 0 bridgehead atoms. The molecular formula is C18H23N3O3. The van der Waals surface area contributed by atoms with Gasteiger partial charge in [-0.05, 0) is 19.4 Å². The SMILES string of the molecule is CC(C)N1CCN(C(=O)C2(c3ccccc3)CNC(=O)C2)CC1=O. The van der Waals surface area contributed by atoms with Crippen LogP contribution in [0.4, 0.5) is 0 Å². The Morgan fingerprint density at radius 2 is 1.88 bits per heavy atom. The second kappa shape index (κ2) is 6.26. The average molecular weight is 329 g/mol. The minimum absolute atomic E-state index is 0.0369. The van der Waals surface area contributed by atoms with Crippen molar-refractivity contribution in [1.82, 2.24) is 15.1 Å². The van der Waals surface area contributed by atoms with Crippen molar-refractivity contribution in [3.63, 3.8) is 0 Å². The molecule has 2 fully saturated rings. The second-order valence-electron chi connectivity index (χ2n) is 6.81. The molecule has 0 aliphatic carbocycles. The molecule has 24 heavy (non-hydrogen) atoms. The predicted molar refractivity (Wildman–Crippen MR) is 89.2 cm³/mol. The summed E-state index contributed by atoms with van der Waals surface area (Å²) in [5.41, 5.74) is -0.0781. The fourth-order valence-corrected chi connectivity index (χ4v) is 3.59. The molecule has 6 nitrogen and oxygen atoms in total. The number of carbonyl (C=O) groups is 3. The van der Waals surface area contributed by atoms with Gasteiger partial charge in [-0.2, -0.15) is 0 Å². The molecule has 1 aromatic rings. The maximum absolute atomic E-state index is 13.3. The number of hydrogen-bond acceptors (Lipinski definition) is 3. The monoisotopic (exact) mass is 329 g/mol. The van der Waals surface area contributed by atoms with Gasteiger partial charge in [0.15, 0.2) is 0 Å². The van der Waals surface area contributed by atoms with Crippen molar-refractivity contribution >= 4 is 17.7 Å². The lowest BCUT2D eigenvalue weighted by atomic mass is 9.78. The molecule has 3 amide bonds. The molecule has 2 aliphatic rings. The topological polar surface area (TPSA) is 69.7 Å². The summed E-state index contributed by atoms with van der Waals surface area (Å²) in [5.74, 6) is -0.298. The highest BCUT2D eigenvalue weighted by Crippen LogP contribution is 2.34. The smallest absolute Gasteiger partial charge is 0.242 e. The molecule has 1 unspecified atom stereocenters. The summed E-state index contributed by atoms with van der Waals surface area (Å²) in [6.07, 6.45) is 0.133. The van der Waals surface area contributed by atoms with Gasteiger partial charge in [0.1, 0.15) is 5.41 Å². The Kier molecular flexibility index (Phi) is 4.30. The van der Waals surface area contributed by atoms with E-state index < -0.39 is 5.41 Å². The Morgan fingerprint density at radius 3 is 2.42 bits per heavy atom. The Hall–Kier alpha value is -2.37. The zero-order chi connectivity index (χ0) is 17.3. The highest BCUT2D eigenvalue weighted by atomic mass is 16.2. The quantitative estimate of drug-likeness (QED) is 0.879. The molecule has 0 aromatic heterocycles. The van der Waals surface area contributed by atoms with Gasteiger partial charge >= 0.3 is 0 Å². The molecule has 2 heterocycles. The first-order chi connectivity index (χ1) is 11.4. The van der Waals surface area contributed by atoms with Gasteiger partial charge in [0.2, 0.25) is 17.7 Å². The van der Waals surface area contributed by atoms with Crippen molar-refractivity contribution in [3.8, 4) is 0 Å². The van der Waals surface area contributed by atoms with E-state index in [-0.39, 0.29) is 43.3 Å². The minimum Gasteiger partial charge on any atom is -0.355 e. The number of hydrogen-bond donors (Lipinski definition) is 1. The fourth-order valence-electron chi connectivity index (χ4n) is 3.59. The molecule has 1 N–H and O–H groups in total. The first-order valence-corrected chi connectivity index (χ1v) is 8.35. The molecule has 2 aliphatic heterocycles. The van der Waals surface area contributed by atoms with Crippen molar-refractivity contribution in [2.45, 2.75) is 31.7 Å².